The fourth-order valence-electron chi connectivity index (χ4n) is 3.02. The number of morpholine rings is 1. The molecule has 1 aromatic heterocycles. The first-order valence-electron chi connectivity index (χ1n) is 8.44. The summed E-state index contributed by atoms with van der Waals surface area (Å²) in [5.74, 6) is 0.372. The van der Waals surface area contributed by atoms with Crippen LogP contribution >= 0.6 is 0 Å². The van der Waals surface area contributed by atoms with Crippen molar-refractivity contribution in [2.45, 2.75) is 13.3 Å². The smallest absolute Gasteiger partial charge is 0.292 e. The highest BCUT2D eigenvalue weighted by Crippen LogP contribution is 2.11. The van der Waals surface area contributed by atoms with Gasteiger partial charge in [0.15, 0.2) is 0 Å². The second-order valence-corrected chi connectivity index (χ2v) is 6.21. The van der Waals surface area contributed by atoms with Gasteiger partial charge in [0, 0.05) is 58.3 Å². The maximum atomic E-state index is 12.3. The number of hydrogen-bond acceptors (Lipinski definition) is 6. The van der Waals surface area contributed by atoms with Crippen molar-refractivity contribution in [3.63, 3.8) is 0 Å². The molecule has 0 spiro atoms. The number of aromatic nitrogens is 1. The first-order valence-corrected chi connectivity index (χ1v) is 8.44. The van der Waals surface area contributed by atoms with E-state index in [4.69, 9.17) is 9.26 Å². The number of amides is 2. The zero-order chi connectivity index (χ0) is 16.9. The molecule has 132 valence electrons. The van der Waals surface area contributed by atoms with E-state index < -0.39 is 0 Å². The number of nitrogens with zero attached hydrogens (tertiary/aromatic N) is 4. The molecular formula is C16H24N4O4. The summed E-state index contributed by atoms with van der Waals surface area (Å²) in [6.45, 7) is 8.01. The average molecular weight is 336 g/mol. The molecule has 3 heterocycles. The monoisotopic (exact) mass is 336 g/mol. The molecule has 0 saturated carbocycles. The zero-order valence-corrected chi connectivity index (χ0v) is 14.1. The van der Waals surface area contributed by atoms with Crippen molar-refractivity contribution in [3.05, 3.63) is 17.5 Å². The van der Waals surface area contributed by atoms with Gasteiger partial charge in [-0.05, 0) is 6.92 Å². The van der Waals surface area contributed by atoms with Gasteiger partial charge in [0.1, 0.15) is 0 Å². The minimum absolute atomic E-state index is 0.111. The van der Waals surface area contributed by atoms with Crippen LogP contribution in [0, 0.1) is 6.92 Å². The Bertz CT molecular complexity index is 574. The molecule has 8 heteroatoms. The van der Waals surface area contributed by atoms with Gasteiger partial charge < -0.3 is 19.1 Å². The van der Waals surface area contributed by atoms with E-state index in [1.54, 1.807) is 17.9 Å². The Morgan fingerprint density at radius 1 is 1.08 bits per heavy atom. The Labute approximate surface area is 141 Å². The van der Waals surface area contributed by atoms with E-state index in [0.717, 1.165) is 19.6 Å². The van der Waals surface area contributed by atoms with Crippen molar-refractivity contribution < 1.29 is 18.8 Å². The largest absolute Gasteiger partial charge is 0.378 e. The highest BCUT2D eigenvalue weighted by atomic mass is 16.5. The molecule has 8 nitrogen and oxygen atoms in total. The van der Waals surface area contributed by atoms with E-state index in [2.05, 4.69) is 10.1 Å². The molecule has 2 aliphatic rings. The molecule has 2 amide bonds. The van der Waals surface area contributed by atoms with Gasteiger partial charge >= 0.3 is 0 Å². The molecule has 0 bridgehead atoms. The molecule has 0 unspecified atom stereocenters. The molecule has 0 N–H and O–H groups in total. The molecule has 1 aromatic rings. The third kappa shape index (κ3) is 4.12. The summed E-state index contributed by atoms with van der Waals surface area (Å²) in [7, 11) is 0. The zero-order valence-electron chi connectivity index (χ0n) is 14.1. The number of rotatable bonds is 4. The quantitative estimate of drug-likeness (QED) is 0.769. The average Bonchev–Trinajstić information content (AvgIpc) is 3.06. The van der Waals surface area contributed by atoms with Crippen LogP contribution in [0.5, 0.6) is 0 Å². The first kappa shape index (κ1) is 16.9. The maximum Gasteiger partial charge on any atom is 0.292 e. The number of carbonyl (C=O) groups excluding carboxylic acids is 2. The fraction of sp³-hybridized carbons (Fsp3) is 0.688. The summed E-state index contributed by atoms with van der Waals surface area (Å²) < 4.78 is 10.3. The van der Waals surface area contributed by atoms with Crippen LogP contribution in [0.2, 0.25) is 0 Å². The van der Waals surface area contributed by atoms with E-state index in [1.807, 2.05) is 4.90 Å². The second-order valence-electron chi connectivity index (χ2n) is 6.21. The van der Waals surface area contributed by atoms with Crippen LogP contribution in [0.15, 0.2) is 10.6 Å². The Morgan fingerprint density at radius 3 is 2.42 bits per heavy atom. The molecule has 2 saturated heterocycles. The van der Waals surface area contributed by atoms with E-state index in [0.29, 0.717) is 57.3 Å². The molecule has 3 rings (SSSR count). The Balaban J connectivity index is 1.40. The van der Waals surface area contributed by atoms with Gasteiger partial charge in [-0.2, -0.15) is 0 Å². The molecule has 2 fully saturated rings. The van der Waals surface area contributed by atoms with Gasteiger partial charge in [-0.25, -0.2) is 0 Å². The summed E-state index contributed by atoms with van der Waals surface area (Å²) >= 11 is 0. The lowest BCUT2D eigenvalue weighted by molar-refractivity contribution is -0.135. The minimum atomic E-state index is -0.111. The number of aryl methyl sites for hydroxylation is 1. The van der Waals surface area contributed by atoms with Gasteiger partial charge in [0.2, 0.25) is 11.7 Å². The Hall–Kier alpha value is -1.93. The highest BCUT2D eigenvalue weighted by molar-refractivity contribution is 5.91. The number of piperazine rings is 1. The Morgan fingerprint density at radius 2 is 1.79 bits per heavy atom. The van der Waals surface area contributed by atoms with E-state index in [9.17, 15) is 9.59 Å². The summed E-state index contributed by atoms with van der Waals surface area (Å²) in [6.07, 6.45) is 0.523. The van der Waals surface area contributed by atoms with Gasteiger partial charge in [0.05, 0.1) is 18.9 Å². The minimum Gasteiger partial charge on any atom is -0.378 e. The standard InChI is InChI=1S/C16H24N4O4/c1-13-12-14(24-17-13)16(22)20-6-4-18(5-7-20)3-2-15(21)19-8-10-23-11-9-19/h12H,2-11H2,1H3. The van der Waals surface area contributed by atoms with Crippen LogP contribution in [-0.4, -0.2) is 90.7 Å². The number of carbonyl (C=O) groups is 2. The lowest BCUT2D eigenvalue weighted by Gasteiger charge is -2.34. The van der Waals surface area contributed by atoms with Gasteiger partial charge in [-0.1, -0.05) is 5.16 Å². The van der Waals surface area contributed by atoms with Gasteiger partial charge in [-0.15, -0.1) is 0 Å². The van der Waals surface area contributed by atoms with Crippen molar-refractivity contribution in [1.29, 1.82) is 0 Å². The first-order chi connectivity index (χ1) is 11.6. The molecule has 2 aliphatic heterocycles. The highest BCUT2D eigenvalue weighted by Gasteiger charge is 2.25. The van der Waals surface area contributed by atoms with Crippen molar-refractivity contribution in [2.75, 3.05) is 59.0 Å². The molecule has 0 atom stereocenters. The van der Waals surface area contributed by atoms with Crippen LogP contribution in [0.1, 0.15) is 22.7 Å². The van der Waals surface area contributed by atoms with Gasteiger partial charge in [-0.3, -0.25) is 14.5 Å². The van der Waals surface area contributed by atoms with Crippen molar-refractivity contribution in [3.8, 4) is 0 Å². The third-order valence-corrected chi connectivity index (χ3v) is 4.50. The lowest BCUT2D eigenvalue weighted by Crippen LogP contribution is -2.49. The molecule has 24 heavy (non-hydrogen) atoms. The SMILES string of the molecule is Cc1cc(C(=O)N2CCN(CCC(=O)N3CCOCC3)CC2)on1. The normalized spacial score (nSPS) is 19.5. The fourth-order valence-corrected chi connectivity index (χ4v) is 3.02. The number of hydrogen-bond donors (Lipinski definition) is 0. The van der Waals surface area contributed by atoms with Crippen molar-refractivity contribution >= 4 is 11.8 Å². The van der Waals surface area contributed by atoms with Crippen LogP contribution < -0.4 is 0 Å². The molecular weight excluding hydrogens is 312 g/mol. The summed E-state index contributed by atoms with van der Waals surface area (Å²) in [6, 6.07) is 1.66. The van der Waals surface area contributed by atoms with Crippen molar-refractivity contribution in [1.82, 2.24) is 19.9 Å². The van der Waals surface area contributed by atoms with Crippen molar-refractivity contribution in [2.24, 2.45) is 0 Å². The van der Waals surface area contributed by atoms with E-state index in [1.165, 1.54) is 0 Å². The molecule has 0 radical (unpaired) electrons. The maximum absolute atomic E-state index is 12.3. The Kier molecular flexibility index (Phi) is 5.47. The molecule has 0 aromatic carbocycles. The van der Waals surface area contributed by atoms with Crippen LogP contribution in [-0.2, 0) is 9.53 Å². The van der Waals surface area contributed by atoms with Gasteiger partial charge in [0.25, 0.3) is 5.91 Å². The topological polar surface area (TPSA) is 79.1 Å². The van der Waals surface area contributed by atoms with Crippen LogP contribution in [0.3, 0.4) is 0 Å². The third-order valence-electron chi connectivity index (χ3n) is 4.50. The lowest BCUT2D eigenvalue weighted by atomic mass is 10.2. The summed E-state index contributed by atoms with van der Waals surface area (Å²) in [4.78, 5) is 30.3. The molecule has 0 aliphatic carbocycles. The number of ether oxygens (including phenoxy) is 1. The summed E-state index contributed by atoms with van der Waals surface area (Å²) in [5, 5.41) is 3.76. The van der Waals surface area contributed by atoms with E-state index >= 15 is 0 Å². The predicted octanol–water partition coefficient (Wildman–Crippen LogP) is -0.0103. The van der Waals surface area contributed by atoms with Crippen LogP contribution in [0.4, 0.5) is 0 Å². The van der Waals surface area contributed by atoms with E-state index in [-0.39, 0.29) is 11.8 Å². The second kappa shape index (κ2) is 7.76. The van der Waals surface area contributed by atoms with Crippen LogP contribution in [0.25, 0.3) is 0 Å². The summed E-state index contributed by atoms with van der Waals surface area (Å²) in [5.41, 5.74) is 0.707. The predicted molar refractivity (Wildman–Crippen MR) is 85.6 cm³/mol.